The van der Waals surface area contributed by atoms with E-state index >= 15 is 0 Å². The molecule has 1 aliphatic heterocycles. The predicted molar refractivity (Wildman–Crippen MR) is 74.9 cm³/mol. The number of aliphatic imine (C=N–C) groups is 1. The number of carbonyl (C=O) groups excluding carboxylic acids is 1. The molecule has 0 unspecified atom stereocenters. The van der Waals surface area contributed by atoms with Gasteiger partial charge < -0.3 is 15.5 Å². The third-order valence-corrected chi connectivity index (χ3v) is 2.85. The molecule has 2 rings (SSSR count). The minimum atomic E-state index is -0.114. The molecule has 0 saturated heterocycles. The van der Waals surface area contributed by atoms with Crippen LogP contribution in [0, 0.1) is 0 Å². The Hall–Kier alpha value is -2.11. The summed E-state index contributed by atoms with van der Waals surface area (Å²) < 4.78 is 0. The number of hydrogen-bond acceptors (Lipinski definition) is 5. The fourth-order valence-corrected chi connectivity index (χ4v) is 1.87. The summed E-state index contributed by atoms with van der Waals surface area (Å²) in [5.74, 6) is 1.39. The van der Waals surface area contributed by atoms with Crippen LogP contribution in [0.5, 0.6) is 0 Å². The van der Waals surface area contributed by atoms with E-state index in [2.05, 4.69) is 25.5 Å². The van der Waals surface area contributed by atoms with Crippen molar-refractivity contribution in [3.63, 3.8) is 0 Å². The number of aromatic nitrogens is 1. The van der Waals surface area contributed by atoms with E-state index in [1.807, 2.05) is 13.1 Å². The zero-order valence-electron chi connectivity index (χ0n) is 11.3. The van der Waals surface area contributed by atoms with Crippen molar-refractivity contribution in [2.75, 3.05) is 25.5 Å². The number of pyridine rings is 1. The lowest BCUT2D eigenvalue weighted by Crippen LogP contribution is -2.41. The normalized spacial score (nSPS) is 14.8. The van der Waals surface area contributed by atoms with Crippen molar-refractivity contribution in [1.82, 2.24) is 15.2 Å². The van der Waals surface area contributed by atoms with E-state index in [-0.39, 0.29) is 5.91 Å². The van der Waals surface area contributed by atoms with E-state index in [0.717, 1.165) is 31.0 Å². The van der Waals surface area contributed by atoms with Gasteiger partial charge >= 0.3 is 0 Å². The Morgan fingerprint density at radius 1 is 1.47 bits per heavy atom. The van der Waals surface area contributed by atoms with Gasteiger partial charge in [0.2, 0.25) is 5.91 Å². The second kappa shape index (κ2) is 6.17. The highest BCUT2D eigenvalue weighted by atomic mass is 16.1. The standard InChI is InChI=1S/C13H19N5O/c1-10(19)17-12-5-4-11(8-15-12)9-16-13-14-6-3-7-18(13)2/h4-5,8H,3,6-7,9H2,1-2H3,(H,14,16)(H,15,17,19). The number of nitrogens with zero attached hydrogens (tertiary/aromatic N) is 3. The van der Waals surface area contributed by atoms with Crippen LogP contribution in [-0.2, 0) is 11.3 Å². The van der Waals surface area contributed by atoms with Crippen molar-refractivity contribution in [3.05, 3.63) is 23.9 Å². The van der Waals surface area contributed by atoms with Crippen LogP contribution in [0.1, 0.15) is 18.9 Å². The van der Waals surface area contributed by atoms with Crippen molar-refractivity contribution >= 4 is 17.7 Å². The number of rotatable bonds is 3. The third-order valence-electron chi connectivity index (χ3n) is 2.85. The molecule has 6 nitrogen and oxygen atoms in total. The monoisotopic (exact) mass is 261 g/mol. The quantitative estimate of drug-likeness (QED) is 0.845. The lowest BCUT2D eigenvalue weighted by Gasteiger charge is -2.25. The molecule has 0 saturated carbocycles. The van der Waals surface area contributed by atoms with Crippen molar-refractivity contribution in [3.8, 4) is 0 Å². The number of nitrogens with one attached hydrogen (secondary N) is 2. The Kier molecular flexibility index (Phi) is 4.33. The van der Waals surface area contributed by atoms with Crippen LogP contribution in [0.15, 0.2) is 23.3 Å². The summed E-state index contributed by atoms with van der Waals surface area (Å²) >= 11 is 0. The van der Waals surface area contributed by atoms with Gasteiger partial charge in [0.25, 0.3) is 0 Å². The molecule has 0 atom stereocenters. The lowest BCUT2D eigenvalue weighted by atomic mass is 10.3. The van der Waals surface area contributed by atoms with Gasteiger partial charge in [-0.15, -0.1) is 0 Å². The van der Waals surface area contributed by atoms with E-state index in [1.54, 1.807) is 12.3 Å². The maximum Gasteiger partial charge on any atom is 0.222 e. The first-order valence-electron chi connectivity index (χ1n) is 6.37. The largest absolute Gasteiger partial charge is 0.352 e. The van der Waals surface area contributed by atoms with Gasteiger partial charge in [0, 0.05) is 39.8 Å². The van der Waals surface area contributed by atoms with E-state index in [9.17, 15) is 4.79 Å². The van der Waals surface area contributed by atoms with Crippen LogP contribution in [0.2, 0.25) is 0 Å². The van der Waals surface area contributed by atoms with Gasteiger partial charge in [-0.3, -0.25) is 9.79 Å². The van der Waals surface area contributed by atoms with Gasteiger partial charge in [-0.1, -0.05) is 6.07 Å². The van der Waals surface area contributed by atoms with Crippen molar-refractivity contribution in [2.24, 2.45) is 4.99 Å². The summed E-state index contributed by atoms with van der Waals surface area (Å²) in [7, 11) is 2.03. The summed E-state index contributed by atoms with van der Waals surface area (Å²) in [5, 5.41) is 5.94. The predicted octanol–water partition coefficient (Wildman–Crippen LogP) is 0.821. The van der Waals surface area contributed by atoms with Crippen LogP contribution in [0.3, 0.4) is 0 Å². The van der Waals surface area contributed by atoms with Gasteiger partial charge in [-0.25, -0.2) is 4.98 Å². The molecular weight excluding hydrogens is 242 g/mol. The topological polar surface area (TPSA) is 69.6 Å². The highest BCUT2D eigenvalue weighted by Gasteiger charge is 2.09. The van der Waals surface area contributed by atoms with Crippen LogP contribution in [0.4, 0.5) is 5.82 Å². The highest BCUT2D eigenvalue weighted by Crippen LogP contribution is 2.05. The summed E-state index contributed by atoms with van der Waals surface area (Å²) in [6.45, 7) is 4.06. The maximum absolute atomic E-state index is 10.9. The first kappa shape index (κ1) is 13.3. The Labute approximate surface area is 112 Å². The minimum Gasteiger partial charge on any atom is -0.352 e. The molecule has 0 aromatic carbocycles. The molecule has 1 aromatic heterocycles. The summed E-state index contributed by atoms with van der Waals surface area (Å²) in [5.41, 5.74) is 1.05. The first-order chi connectivity index (χ1) is 9.15. The van der Waals surface area contributed by atoms with E-state index in [1.165, 1.54) is 6.92 Å². The van der Waals surface area contributed by atoms with E-state index in [4.69, 9.17) is 0 Å². The zero-order valence-corrected chi connectivity index (χ0v) is 11.3. The van der Waals surface area contributed by atoms with Gasteiger partial charge in [-0.2, -0.15) is 0 Å². The number of guanidine groups is 1. The summed E-state index contributed by atoms with van der Waals surface area (Å²) in [6, 6.07) is 3.74. The number of amides is 1. The molecular formula is C13H19N5O. The Bertz CT molecular complexity index is 468. The molecule has 2 N–H and O–H groups in total. The van der Waals surface area contributed by atoms with Crippen LogP contribution < -0.4 is 10.6 Å². The molecule has 0 aliphatic carbocycles. The van der Waals surface area contributed by atoms with Gasteiger partial charge in [0.05, 0.1) is 0 Å². The molecule has 2 heterocycles. The van der Waals surface area contributed by atoms with Crippen LogP contribution >= 0.6 is 0 Å². The average Bonchev–Trinajstić information content (AvgIpc) is 2.39. The van der Waals surface area contributed by atoms with Crippen LogP contribution in [0.25, 0.3) is 0 Å². The first-order valence-corrected chi connectivity index (χ1v) is 6.37. The Morgan fingerprint density at radius 2 is 2.32 bits per heavy atom. The van der Waals surface area contributed by atoms with Crippen molar-refractivity contribution < 1.29 is 4.79 Å². The molecule has 0 radical (unpaired) electrons. The minimum absolute atomic E-state index is 0.114. The second-order valence-electron chi connectivity index (χ2n) is 4.57. The number of hydrogen-bond donors (Lipinski definition) is 2. The van der Waals surface area contributed by atoms with Gasteiger partial charge in [-0.05, 0) is 18.1 Å². The average molecular weight is 261 g/mol. The molecule has 0 fully saturated rings. The SMILES string of the molecule is CC(=O)Nc1ccc(CNC2=NCCCN2C)cn1. The van der Waals surface area contributed by atoms with Crippen molar-refractivity contribution in [2.45, 2.75) is 19.9 Å². The van der Waals surface area contributed by atoms with E-state index < -0.39 is 0 Å². The highest BCUT2D eigenvalue weighted by molar-refractivity contribution is 5.87. The second-order valence-corrected chi connectivity index (χ2v) is 4.57. The molecule has 6 heteroatoms. The molecule has 1 aliphatic rings. The van der Waals surface area contributed by atoms with Crippen molar-refractivity contribution in [1.29, 1.82) is 0 Å². The van der Waals surface area contributed by atoms with Gasteiger partial charge in [0.1, 0.15) is 5.82 Å². The fraction of sp³-hybridized carbons (Fsp3) is 0.462. The summed E-state index contributed by atoms with van der Waals surface area (Å²) in [4.78, 5) is 21.6. The Morgan fingerprint density at radius 3 is 2.95 bits per heavy atom. The molecule has 1 amide bonds. The van der Waals surface area contributed by atoms with Crippen LogP contribution in [-0.4, -0.2) is 41.9 Å². The molecule has 0 spiro atoms. The lowest BCUT2D eigenvalue weighted by molar-refractivity contribution is -0.114. The molecule has 0 bridgehead atoms. The molecule has 102 valence electrons. The smallest absolute Gasteiger partial charge is 0.222 e. The zero-order chi connectivity index (χ0) is 13.7. The maximum atomic E-state index is 10.9. The van der Waals surface area contributed by atoms with E-state index in [0.29, 0.717) is 12.4 Å². The molecule has 1 aromatic rings. The number of anilines is 1. The number of carbonyl (C=O) groups is 1. The van der Waals surface area contributed by atoms with Gasteiger partial charge in [0.15, 0.2) is 5.96 Å². The fourth-order valence-electron chi connectivity index (χ4n) is 1.87. The summed E-state index contributed by atoms with van der Waals surface area (Å²) in [6.07, 6.45) is 2.86. The third kappa shape index (κ3) is 3.94. The molecule has 19 heavy (non-hydrogen) atoms. The Balaban J connectivity index is 1.89.